The first-order valence-electron chi connectivity index (χ1n) is 4.80. The van der Waals surface area contributed by atoms with E-state index in [0.717, 1.165) is 0 Å². The average Bonchev–Trinajstić information content (AvgIpc) is 2.59. The van der Waals surface area contributed by atoms with Crippen LogP contribution in [0.3, 0.4) is 0 Å². The van der Waals surface area contributed by atoms with Gasteiger partial charge in [0.2, 0.25) is 5.79 Å². The number of nitro benzene ring substituents is 1. The molecule has 0 fully saturated rings. The zero-order valence-electron chi connectivity index (χ0n) is 8.97. The molecule has 0 saturated carbocycles. The van der Waals surface area contributed by atoms with Crippen LogP contribution in [0.25, 0.3) is 5.76 Å². The molecule has 16 heavy (non-hydrogen) atoms. The Balaban J connectivity index is 2.39. The summed E-state index contributed by atoms with van der Waals surface area (Å²) in [5.41, 5.74) is 0.438. The molecule has 0 N–H and O–H groups in total. The molecule has 0 atom stereocenters. The quantitative estimate of drug-likeness (QED) is 0.569. The van der Waals surface area contributed by atoms with Crippen LogP contribution < -0.4 is 0 Å². The van der Waals surface area contributed by atoms with E-state index in [1.54, 1.807) is 32.0 Å². The zero-order valence-corrected chi connectivity index (χ0v) is 8.97. The normalized spacial score (nSPS) is 17.2. The maximum atomic E-state index is 10.8. The third-order valence-electron chi connectivity index (χ3n) is 2.17. The van der Waals surface area contributed by atoms with Gasteiger partial charge in [0.1, 0.15) is 6.26 Å². The van der Waals surface area contributed by atoms with E-state index in [2.05, 4.69) is 0 Å². The van der Waals surface area contributed by atoms with Crippen molar-refractivity contribution in [2.45, 2.75) is 19.6 Å². The number of hydrogen-bond acceptors (Lipinski definition) is 4. The summed E-state index contributed by atoms with van der Waals surface area (Å²) in [4.78, 5) is 10.4. The minimum atomic E-state index is -0.765. The second-order valence-corrected chi connectivity index (χ2v) is 3.88. The van der Waals surface area contributed by atoms with Crippen molar-refractivity contribution in [3.63, 3.8) is 0 Å². The monoisotopic (exact) mass is 221 g/mol. The van der Waals surface area contributed by atoms with Gasteiger partial charge in [0, 0.05) is 19.9 Å². The minimum absolute atomic E-state index is 0.00931. The summed E-state index contributed by atoms with van der Waals surface area (Å²) in [7, 11) is 0. The summed E-state index contributed by atoms with van der Waals surface area (Å²) in [6.45, 7) is 3.48. The minimum Gasteiger partial charge on any atom is -0.457 e. The first kappa shape index (κ1) is 10.5. The molecule has 0 aromatic heterocycles. The Morgan fingerprint density at radius 1 is 1.31 bits per heavy atom. The van der Waals surface area contributed by atoms with E-state index in [1.165, 1.54) is 12.3 Å². The van der Waals surface area contributed by atoms with Crippen LogP contribution in [-0.2, 0) is 9.47 Å². The molecule has 0 spiro atoms. The molecule has 5 nitrogen and oxygen atoms in total. The lowest BCUT2D eigenvalue weighted by Crippen LogP contribution is -2.20. The van der Waals surface area contributed by atoms with Crippen LogP contribution >= 0.6 is 0 Å². The Kier molecular flexibility index (Phi) is 2.30. The van der Waals surface area contributed by atoms with Crippen molar-refractivity contribution in [1.29, 1.82) is 0 Å². The maximum Gasteiger partial charge on any atom is 0.280 e. The second kappa shape index (κ2) is 3.52. The van der Waals surface area contributed by atoms with E-state index in [-0.39, 0.29) is 5.69 Å². The van der Waals surface area contributed by atoms with Crippen LogP contribution in [0.5, 0.6) is 0 Å². The molecule has 1 aliphatic rings. The van der Waals surface area contributed by atoms with Crippen molar-refractivity contribution in [2.75, 3.05) is 0 Å². The van der Waals surface area contributed by atoms with Gasteiger partial charge < -0.3 is 9.47 Å². The average molecular weight is 221 g/mol. The first-order valence-corrected chi connectivity index (χ1v) is 4.80. The number of benzene rings is 1. The van der Waals surface area contributed by atoms with Crippen LogP contribution in [-0.4, -0.2) is 10.7 Å². The van der Waals surface area contributed by atoms with E-state index < -0.39 is 10.7 Å². The predicted molar refractivity (Wildman–Crippen MR) is 57.3 cm³/mol. The van der Waals surface area contributed by atoms with Crippen molar-refractivity contribution in [3.8, 4) is 0 Å². The van der Waals surface area contributed by atoms with E-state index in [1.807, 2.05) is 0 Å². The largest absolute Gasteiger partial charge is 0.457 e. The lowest BCUT2D eigenvalue weighted by atomic mass is 10.1. The topological polar surface area (TPSA) is 61.6 Å². The molecule has 1 heterocycles. The van der Waals surface area contributed by atoms with Gasteiger partial charge in [-0.05, 0) is 6.07 Å². The van der Waals surface area contributed by atoms with E-state index in [9.17, 15) is 10.1 Å². The van der Waals surface area contributed by atoms with Crippen LogP contribution in [0.1, 0.15) is 19.4 Å². The number of para-hydroxylation sites is 1. The van der Waals surface area contributed by atoms with Gasteiger partial charge >= 0.3 is 0 Å². The molecular weight excluding hydrogens is 210 g/mol. The third kappa shape index (κ3) is 1.84. The zero-order chi connectivity index (χ0) is 11.8. The van der Waals surface area contributed by atoms with Gasteiger partial charge in [-0.25, -0.2) is 0 Å². The summed E-state index contributed by atoms with van der Waals surface area (Å²) in [5.74, 6) is -0.378. The number of nitro groups is 1. The molecule has 1 aromatic rings. The first-order chi connectivity index (χ1) is 7.49. The summed E-state index contributed by atoms with van der Waals surface area (Å²) in [6, 6.07) is 6.40. The molecule has 84 valence electrons. The van der Waals surface area contributed by atoms with Gasteiger partial charge in [-0.2, -0.15) is 0 Å². The SMILES string of the molecule is CC1(C)OC=C(c2ccccc2[N+](=O)[O-])O1. The number of hydrogen-bond donors (Lipinski definition) is 0. The van der Waals surface area contributed by atoms with Crippen molar-refractivity contribution < 1.29 is 14.4 Å². The third-order valence-corrected chi connectivity index (χ3v) is 2.17. The number of ether oxygens (including phenoxy) is 2. The highest BCUT2D eigenvalue weighted by Gasteiger charge is 2.31. The Morgan fingerprint density at radius 2 is 2.00 bits per heavy atom. The molecule has 0 unspecified atom stereocenters. The van der Waals surface area contributed by atoms with Gasteiger partial charge in [-0.3, -0.25) is 10.1 Å². The van der Waals surface area contributed by atoms with Crippen molar-refractivity contribution in [3.05, 3.63) is 46.2 Å². The molecule has 5 heteroatoms. The van der Waals surface area contributed by atoms with E-state index in [4.69, 9.17) is 9.47 Å². The highest BCUT2D eigenvalue weighted by atomic mass is 16.7. The van der Waals surface area contributed by atoms with Crippen LogP contribution in [0.4, 0.5) is 5.69 Å². The number of nitrogens with zero attached hydrogens (tertiary/aromatic N) is 1. The Bertz CT molecular complexity index is 465. The van der Waals surface area contributed by atoms with Crippen molar-refractivity contribution in [2.24, 2.45) is 0 Å². The van der Waals surface area contributed by atoms with Crippen LogP contribution in [0, 0.1) is 10.1 Å². The summed E-state index contributed by atoms with van der Waals surface area (Å²) < 4.78 is 10.7. The molecule has 0 aliphatic carbocycles. The fourth-order valence-electron chi connectivity index (χ4n) is 1.47. The second-order valence-electron chi connectivity index (χ2n) is 3.88. The van der Waals surface area contributed by atoms with E-state index in [0.29, 0.717) is 11.3 Å². The lowest BCUT2D eigenvalue weighted by Gasteiger charge is -2.18. The smallest absolute Gasteiger partial charge is 0.280 e. The Hall–Kier alpha value is -2.04. The molecule has 0 saturated heterocycles. The fourth-order valence-corrected chi connectivity index (χ4v) is 1.47. The van der Waals surface area contributed by atoms with Crippen molar-refractivity contribution in [1.82, 2.24) is 0 Å². The highest BCUT2D eigenvalue weighted by Crippen LogP contribution is 2.34. The van der Waals surface area contributed by atoms with E-state index >= 15 is 0 Å². The fraction of sp³-hybridized carbons (Fsp3) is 0.273. The number of rotatable bonds is 2. The predicted octanol–water partition coefficient (Wildman–Crippen LogP) is 2.68. The van der Waals surface area contributed by atoms with Crippen LogP contribution in [0.15, 0.2) is 30.5 Å². The lowest BCUT2D eigenvalue weighted by molar-refractivity contribution is -0.385. The highest BCUT2D eigenvalue weighted by molar-refractivity contribution is 5.68. The van der Waals surface area contributed by atoms with Gasteiger partial charge in [-0.15, -0.1) is 0 Å². The molecule has 0 radical (unpaired) electrons. The summed E-state index contributed by atoms with van der Waals surface area (Å²) >= 11 is 0. The van der Waals surface area contributed by atoms with Gasteiger partial charge in [0.05, 0.1) is 10.5 Å². The van der Waals surface area contributed by atoms with Gasteiger partial charge in [0.25, 0.3) is 5.69 Å². The standard InChI is InChI=1S/C11H11NO4/c1-11(2)15-7-10(16-11)8-5-3-4-6-9(8)12(13)14/h3-7H,1-2H3. The summed E-state index contributed by atoms with van der Waals surface area (Å²) in [5, 5.41) is 10.8. The molecular formula is C11H11NO4. The molecule has 0 bridgehead atoms. The van der Waals surface area contributed by atoms with Gasteiger partial charge in [-0.1, -0.05) is 12.1 Å². The van der Waals surface area contributed by atoms with Gasteiger partial charge in [0.15, 0.2) is 5.76 Å². The Labute approximate surface area is 92.4 Å². The molecule has 0 amide bonds. The molecule has 2 rings (SSSR count). The van der Waals surface area contributed by atoms with Crippen LogP contribution in [0.2, 0.25) is 0 Å². The molecule has 1 aromatic carbocycles. The van der Waals surface area contributed by atoms with Crippen molar-refractivity contribution >= 4 is 11.4 Å². The maximum absolute atomic E-state index is 10.8. The molecule has 1 aliphatic heterocycles. The summed E-state index contributed by atoms with van der Waals surface area (Å²) in [6.07, 6.45) is 1.41. The Morgan fingerprint density at radius 3 is 2.56 bits per heavy atom.